The lowest BCUT2D eigenvalue weighted by Gasteiger charge is -2.08. The summed E-state index contributed by atoms with van der Waals surface area (Å²) in [5.74, 6) is 0.822. The molecule has 1 rings (SSSR count). The zero-order valence-corrected chi connectivity index (χ0v) is 6.10. The van der Waals surface area contributed by atoms with E-state index in [4.69, 9.17) is 5.73 Å². The monoisotopic (exact) mass is 142 g/mol. The van der Waals surface area contributed by atoms with Gasteiger partial charge < -0.3 is 11.1 Å². The average Bonchev–Trinajstić information content (AvgIpc) is 2.14. The Kier molecular flexibility index (Phi) is 2.83. The van der Waals surface area contributed by atoms with Crippen LogP contribution in [-0.4, -0.2) is 25.4 Å². The van der Waals surface area contributed by atoms with Crippen molar-refractivity contribution >= 4 is 5.78 Å². The Bertz CT molecular complexity index is 125. The zero-order valence-electron chi connectivity index (χ0n) is 6.10. The molecule has 3 heteroatoms. The lowest BCUT2D eigenvalue weighted by molar-refractivity contribution is -0.118. The molecule has 0 aliphatic carbocycles. The van der Waals surface area contributed by atoms with Gasteiger partial charge in [0.1, 0.15) is 5.78 Å². The summed E-state index contributed by atoms with van der Waals surface area (Å²) in [6, 6.07) is 0. The van der Waals surface area contributed by atoms with Gasteiger partial charge in [0.2, 0.25) is 0 Å². The van der Waals surface area contributed by atoms with Gasteiger partial charge in [-0.05, 0) is 25.4 Å². The zero-order chi connectivity index (χ0) is 7.40. The molecule has 0 amide bonds. The van der Waals surface area contributed by atoms with E-state index in [9.17, 15) is 4.79 Å². The van der Waals surface area contributed by atoms with E-state index in [2.05, 4.69) is 5.32 Å². The Labute approximate surface area is 61.0 Å². The highest BCUT2D eigenvalue weighted by molar-refractivity contribution is 5.80. The molecular formula is C7H14N2O. The van der Waals surface area contributed by atoms with Crippen LogP contribution in [0.1, 0.15) is 12.8 Å². The minimum Gasteiger partial charge on any atom is -0.330 e. The van der Waals surface area contributed by atoms with Crippen LogP contribution in [-0.2, 0) is 4.79 Å². The summed E-state index contributed by atoms with van der Waals surface area (Å²) in [6.45, 7) is 2.14. The highest BCUT2D eigenvalue weighted by Crippen LogP contribution is 2.06. The van der Waals surface area contributed by atoms with Crippen molar-refractivity contribution in [2.45, 2.75) is 12.8 Å². The Morgan fingerprint density at radius 2 is 2.50 bits per heavy atom. The van der Waals surface area contributed by atoms with Crippen molar-refractivity contribution in [1.82, 2.24) is 5.32 Å². The minimum atomic E-state index is 0.316. The molecule has 1 heterocycles. The normalized spacial score (nSPS) is 28.1. The molecule has 3 nitrogen and oxygen atoms in total. The second-order valence-electron chi connectivity index (χ2n) is 2.81. The quantitative estimate of drug-likeness (QED) is 0.519. The van der Waals surface area contributed by atoms with Crippen molar-refractivity contribution in [2.75, 3.05) is 19.6 Å². The average molecular weight is 142 g/mol. The first kappa shape index (κ1) is 7.69. The summed E-state index contributed by atoms with van der Waals surface area (Å²) < 4.78 is 0. The van der Waals surface area contributed by atoms with Gasteiger partial charge >= 0.3 is 0 Å². The van der Waals surface area contributed by atoms with Crippen LogP contribution in [0.25, 0.3) is 0 Å². The summed E-state index contributed by atoms with van der Waals surface area (Å²) in [4.78, 5) is 10.8. The second-order valence-corrected chi connectivity index (χ2v) is 2.81. The molecular weight excluding hydrogens is 128 g/mol. The highest BCUT2D eigenvalue weighted by atomic mass is 16.1. The molecule has 0 spiro atoms. The molecule has 0 aromatic heterocycles. The molecule has 0 bridgehead atoms. The van der Waals surface area contributed by atoms with Crippen LogP contribution in [0.5, 0.6) is 0 Å². The molecule has 0 aromatic carbocycles. The summed E-state index contributed by atoms with van der Waals surface area (Å²) >= 11 is 0. The molecule has 1 atom stereocenters. The number of rotatable bonds is 1. The van der Waals surface area contributed by atoms with Crippen molar-refractivity contribution < 1.29 is 4.79 Å². The maximum absolute atomic E-state index is 10.8. The van der Waals surface area contributed by atoms with Gasteiger partial charge in [-0.3, -0.25) is 4.79 Å². The Morgan fingerprint density at radius 1 is 1.70 bits per heavy atom. The van der Waals surface area contributed by atoms with Crippen molar-refractivity contribution in [3.05, 3.63) is 0 Å². The third-order valence-corrected chi connectivity index (χ3v) is 1.92. The van der Waals surface area contributed by atoms with E-state index in [1.165, 1.54) is 0 Å². The standard InChI is InChI=1S/C7H14N2O/c8-3-6-1-2-7(10)5-9-4-6/h6,9H,1-5,8H2/t6-/m1/s1. The number of nitrogens with two attached hydrogens (primary N) is 1. The largest absolute Gasteiger partial charge is 0.330 e. The number of nitrogens with one attached hydrogen (secondary N) is 1. The number of Topliss-reactive ketones (excluding diaryl/α,β-unsaturated/α-hetero) is 1. The first-order chi connectivity index (χ1) is 4.83. The molecule has 58 valence electrons. The molecule has 1 fully saturated rings. The van der Waals surface area contributed by atoms with Crippen molar-refractivity contribution in [2.24, 2.45) is 11.7 Å². The lowest BCUT2D eigenvalue weighted by Crippen LogP contribution is -2.27. The van der Waals surface area contributed by atoms with E-state index in [1.54, 1.807) is 0 Å². The number of carbonyl (C=O) groups is 1. The van der Waals surface area contributed by atoms with Crippen LogP contribution >= 0.6 is 0 Å². The SMILES string of the molecule is NC[C@H]1CCC(=O)CNC1. The van der Waals surface area contributed by atoms with E-state index >= 15 is 0 Å². The van der Waals surface area contributed by atoms with Crippen LogP contribution in [0, 0.1) is 5.92 Å². The predicted octanol–water partition coefficient (Wildman–Crippen LogP) is -0.486. The first-order valence-corrected chi connectivity index (χ1v) is 3.75. The maximum atomic E-state index is 10.8. The van der Waals surface area contributed by atoms with Gasteiger partial charge in [0.25, 0.3) is 0 Å². The van der Waals surface area contributed by atoms with Crippen molar-refractivity contribution in [1.29, 1.82) is 0 Å². The third-order valence-electron chi connectivity index (χ3n) is 1.92. The lowest BCUT2D eigenvalue weighted by atomic mass is 10.0. The summed E-state index contributed by atoms with van der Waals surface area (Å²) in [5, 5.41) is 3.07. The van der Waals surface area contributed by atoms with Gasteiger partial charge in [-0.1, -0.05) is 0 Å². The van der Waals surface area contributed by atoms with Gasteiger partial charge in [-0.15, -0.1) is 0 Å². The Morgan fingerprint density at radius 3 is 3.20 bits per heavy atom. The van der Waals surface area contributed by atoms with E-state index in [0.717, 1.165) is 13.0 Å². The topological polar surface area (TPSA) is 55.1 Å². The number of hydrogen-bond donors (Lipinski definition) is 2. The van der Waals surface area contributed by atoms with E-state index < -0.39 is 0 Å². The van der Waals surface area contributed by atoms with Crippen LogP contribution in [0.15, 0.2) is 0 Å². The van der Waals surface area contributed by atoms with Crippen molar-refractivity contribution in [3.8, 4) is 0 Å². The fraction of sp³-hybridized carbons (Fsp3) is 0.857. The molecule has 0 unspecified atom stereocenters. The third kappa shape index (κ3) is 2.08. The van der Waals surface area contributed by atoms with Crippen LogP contribution < -0.4 is 11.1 Å². The Hall–Kier alpha value is -0.410. The molecule has 1 aliphatic heterocycles. The molecule has 10 heavy (non-hydrogen) atoms. The highest BCUT2D eigenvalue weighted by Gasteiger charge is 2.13. The first-order valence-electron chi connectivity index (χ1n) is 3.75. The van der Waals surface area contributed by atoms with Gasteiger partial charge in [-0.2, -0.15) is 0 Å². The summed E-state index contributed by atoms with van der Waals surface area (Å²) in [6.07, 6.45) is 1.66. The second kappa shape index (κ2) is 3.68. The molecule has 0 aromatic rings. The number of carbonyl (C=O) groups excluding carboxylic acids is 1. The summed E-state index contributed by atoms with van der Waals surface area (Å²) in [5.41, 5.74) is 5.47. The molecule has 0 radical (unpaired) electrons. The number of hydrogen-bond acceptors (Lipinski definition) is 3. The van der Waals surface area contributed by atoms with Gasteiger partial charge in [0.05, 0.1) is 6.54 Å². The molecule has 3 N–H and O–H groups in total. The number of ketones is 1. The van der Waals surface area contributed by atoms with Crippen LogP contribution in [0.3, 0.4) is 0 Å². The molecule has 1 aliphatic rings. The molecule has 1 saturated heterocycles. The smallest absolute Gasteiger partial charge is 0.146 e. The van der Waals surface area contributed by atoms with Crippen molar-refractivity contribution in [3.63, 3.8) is 0 Å². The Balaban J connectivity index is 2.33. The van der Waals surface area contributed by atoms with E-state index in [0.29, 0.717) is 31.2 Å². The van der Waals surface area contributed by atoms with Crippen LogP contribution in [0.2, 0.25) is 0 Å². The fourth-order valence-electron chi connectivity index (χ4n) is 1.17. The van der Waals surface area contributed by atoms with Gasteiger partial charge in [-0.25, -0.2) is 0 Å². The van der Waals surface area contributed by atoms with E-state index in [1.807, 2.05) is 0 Å². The van der Waals surface area contributed by atoms with Gasteiger partial charge in [0.15, 0.2) is 0 Å². The summed E-state index contributed by atoms with van der Waals surface area (Å²) in [7, 11) is 0. The van der Waals surface area contributed by atoms with Crippen LogP contribution in [0.4, 0.5) is 0 Å². The van der Waals surface area contributed by atoms with E-state index in [-0.39, 0.29) is 0 Å². The minimum absolute atomic E-state index is 0.316. The van der Waals surface area contributed by atoms with Gasteiger partial charge in [0, 0.05) is 6.42 Å². The molecule has 0 saturated carbocycles. The maximum Gasteiger partial charge on any atom is 0.146 e. The fourth-order valence-corrected chi connectivity index (χ4v) is 1.17. The predicted molar refractivity (Wildman–Crippen MR) is 39.7 cm³/mol.